The van der Waals surface area contributed by atoms with E-state index in [0.717, 1.165) is 18.4 Å². The fourth-order valence-electron chi connectivity index (χ4n) is 3.85. The highest BCUT2D eigenvalue weighted by Gasteiger charge is 2.44. The molecule has 2 heterocycles. The number of nitrogens with zero attached hydrogens (tertiary/aromatic N) is 1. The third-order valence-corrected chi connectivity index (χ3v) is 4.99. The van der Waals surface area contributed by atoms with Gasteiger partial charge in [0.25, 0.3) is 0 Å². The van der Waals surface area contributed by atoms with Gasteiger partial charge in [0.1, 0.15) is 0 Å². The van der Waals surface area contributed by atoms with Crippen LogP contribution < -0.4 is 4.90 Å². The normalized spacial score (nSPS) is 34.2. The van der Waals surface area contributed by atoms with Crippen LogP contribution >= 0.6 is 0 Å². The molecule has 2 aliphatic heterocycles. The van der Waals surface area contributed by atoms with E-state index in [0.29, 0.717) is 0 Å². The number of benzene rings is 1. The molecule has 0 bridgehead atoms. The predicted molar refractivity (Wildman–Crippen MR) is 71.9 cm³/mol. The van der Waals surface area contributed by atoms with Crippen LogP contribution in [0, 0.1) is 18.9 Å². The van der Waals surface area contributed by atoms with E-state index in [9.17, 15) is 0 Å². The third-order valence-electron chi connectivity index (χ3n) is 4.99. The molecule has 2 heteroatoms. The Morgan fingerprint density at radius 2 is 2.11 bits per heavy atom. The van der Waals surface area contributed by atoms with Crippen molar-refractivity contribution < 1.29 is 4.90 Å². The van der Waals surface area contributed by atoms with Crippen LogP contribution in [-0.2, 0) is 19.5 Å². The molecule has 1 aliphatic carbocycles. The van der Waals surface area contributed by atoms with Crippen molar-refractivity contribution in [2.75, 3.05) is 19.6 Å². The molecule has 0 amide bonds. The van der Waals surface area contributed by atoms with Crippen LogP contribution in [-0.4, -0.2) is 24.5 Å². The Bertz CT molecular complexity index is 458. The molecule has 0 radical (unpaired) electrons. The smallest absolute Gasteiger partial charge is 0.0790 e. The van der Waals surface area contributed by atoms with Crippen molar-refractivity contribution in [3.63, 3.8) is 0 Å². The molecule has 1 aromatic carbocycles. The van der Waals surface area contributed by atoms with Crippen LogP contribution in [0.1, 0.15) is 23.1 Å². The van der Waals surface area contributed by atoms with E-state index in [1.807, 2.05) is 0 Å². The summed E-state index contributed by atoms with van der Waals surface area (Å²) in [6.07, 6.45) is 2.72. The maximum absolute atomic E-state index is 4.15. The average Bonchev–Trinajstić information content (AvgIpc) is 2.97. The number of piperidine rings is 1. The lowest BCUT2D eigenvalue weighted by molar-refractivity contribution is -0.870. The summed E-state index contributed by atoms with van der Waals surface area (Å²) in [6, 6.07) is 6.88. The zero-order chi connectivity index (χ0) is 12.1. The molecular formula is C16H22N2. The van der Waals surface area contributed by atoms with Crippen molar-refractivity contribution in [2.24, 2.45) is 11.8 Å². The minimum Gasteiger partial charge on any atom is -0.464 e. The zero-order valence-electron chi connectivity index (χ0n) is 11.0. The summed E-state index contributed by atoms with van der Waals surface area (Å²) in [7, 11) is 4.15. The van der Waals surface area contributed by atoms with Gasteiger partial charge in [-0.15, -0.1) is 0 Å². The summed E-state index contributed by atoms with van der Waals surface area (Å²) in [6.45, 7) is 6.18. The van der Waals surface area contributed by atoms with E-state index in [2.05, 4.69) is 30.1 Å². The fraction of sp³-hybridized carbons (Fsp3) is 0.562. The van der Waals surface area contributed by atoms with E-state index >= 15 is 0 Å². The monoisotopic (exact) mass is 242 g/mol. The lowest BCUT2D eigenvalue weighted by Crippen LogP contribution is -3.06. The van der Waals surface area contributed by atoms with E-state index in [-0.39, 0.29) is 0 Å². The Hall–Kier alpha value is -0.860. The third kappa shape index (κ3) is 1.88. The summed E-state index contributed by atoms with van der Waals surface area (Å²) in [5, 5.41) is 0. The van der Waals surface area contributed by atoms with E-state index < -0.39 is 0 Å². The van der Waals surface area contributed by atoms with E-state index in [1.54, 1.807) is 11.1 Å². The molecule has 3 unspecified atom stereocenters. The van der Waals surface area contributed by atoms with Crippen molar-refractivity contribution in [1.29, 1.82) is 0 Å². The Morgan fingerprint density at radius 1 is 1.28 bits per heavy atom. The average molecular weight is 242 g/mol. The molecular weight excluding hydrogens is 220 g/mol. The van der Waals surface area contributed by atoms with Gasteiger partial charge < -0.3 is 4.90 Å². The second-order valence-corrected chi connectivity index (χ2v) is 6.43. The van der Waals surface area contributed by atoms with Crippen LogP contribution in [0.5, 0.6) is 0 Å². The van der Waals surface area contributed by atoms with Gasteiger partial charge in [-0.25, -0.2) is 0 Å². The highest BCUT2D eigenvalue weighted by atomic mass is 15.2. The first-order chi connectivity index (χ1) is 8.79. The van der Waals surface area contributed by atoms with E-state index in [1.165, 1.54) is 49.5 Å². The number of fused-ring (bicyclic) bond motifs is 2. The summed E-state index contributed by atoms with van der Waals surface area (Å²) >= 11 is 0. The zero-order valence-corrected chi connectivity index (χ0v) is 11.0. The molecule has 0 aromatic heterocycles. The minimum absolute atomic E-state index is 1.05. The van der Waals surface area contributed by atoms with Gasteiger partial charge in [0.15, 0.2) is 0 Å². The standard InChI is InChI=1S/C16H22N2/c1-17-6-5-16-12(8-17)3-2-4-13(16)9-18-10-14-7-15(14)11-18/h2-4,14-15,17H,1,5-11H2. The van der Waals surface area contributed by atoms with Gasteiger partial charge in [0.2, 0.25) is 0 Å². The summed E-state index contributed by atoms with van der Waals surface area (Å²) in [5.74, 6) is 2.09. The summed E-state index contributed by atoms with van der Waals surface area (Å²) < 4.78 is 0. The van der Waals surface area contributed by atoms with Crippen molar-refractivity contribution in [3.05, 3.63) is 41.9 Å². The number of quaternary nitrogens is 1. The molecule has 1 saturated heterocycles. The number of nitrogens with one attached hydrogen (secondary N) is 1. The van der Waals surface area contributed by atoms with Gasteiger partial charge in [-0.05, 0) is 29.4 Å². The topological polar surface area (TPSA) is 7.68 Å². The molecule has 96 valence electrons. The first kappa shape index (κ1) is 11.0. The number of rotatable bonds is 2. The van der Waals surface area contributed by atoms with Crippen LogP contribution in [0.4, 0.5) is 0 Å². The first-order valence-corrected chi connectivity index (χ1v) is 7.28. The molecule has 3 atom stereocenters. The van der Waals surface area contributed by atoms with Crippen LogP contribution in [0.15, 0.2) is 18.2 Å². The molecule has 1 N–H and O–H groups in total. The maximum Gasteiger partial charge on any atom is 0.0790 e. The van der Waals surface area contributed by atoms with Crippen LogP contribution in [0.2, 0.25) is 0 Å². The maximum atomic E-state index is 4.15. The van der Waals surface area contributed by atoms with Gasteiger partial charge >= 0.3 is 0 Å². The second kappa shape index (κ2) is 4.07. The molecule has 2 fully saturated rings. The van der Waals surface area contributed by atoms with Gasteiger partial charge in [-0.2, -0.15) is 7.05 Å². The molecule has 1 saturated carbocycles. The van der Waals surface area contributed by atoms with Crippen molar-refractivity contribution in [3.8, 4) is 0 Å². The Kier molecular flexibility index (Phi) is 2.49. The molecule has 1 aromatic rings. The van der Waals surface area contributed by atoms with Gasteiger partial charge in [0.05, 0.1) is 13.1 Å². The van der Waals surface area contributed by atoms with Crippen molar-refractivity contribution in [1.82, 2.24) is 4.90 Å². The largest absolute Gasteiger partial charge is 0.464 e. The number of hydrogen-bond acceptors (Lipinski definition) is 1. The van der Waals surface area contributed by atoms with Gasteiger partial charge in [0, 0.05) is 31.6 Å². The van der Waals surface area contributed by atoms with Gasteiger partial charge in [-0.1, -0.05) is 18.2 Å². The van der Waals surface area contributed by atoms with Gasteiger partial charge in [-0.3, -0.25) is 4.90 Å². The second-order valence-electron chi connectivity index (χ2n) is 6.43. The highest BCUT2D eigenvalue weighted by Crippen LogP contribution is 2.45. The van der Waals surface area contributed by atoms with Crippen LogP contribution in [0.3, 0.4) is 0 Å². The summed E-state index contributed by atoms with van der Waals surface area (Å²) in [4.78, 5) is 4.07. The summed E-state index contributed by atoms with van der Waals surface area (Å²) in [5.41, 5.74) is 4.75. The highest BCUT2D eigenvalue weighted by molar-refractivity contribution is 5.36. The molecule has 2 nitrogen and oxygen atoms in total. The molecule has 0 spiro atoms. The lowest BCUT2D eigenvalue weighted by atomic mass is 9.94. The Morgan fingerprint density at radius 3 is 2.94 bits per heavy atom. The Balaban J connectivity index is 1.55. The SMILES string of the molecule is [CH2-][NH+]1CCc2c(CN3CC4CC4C3)cccc2C1. The fourth-order valence-corrected chi connectivity index (χ4v) is 3.85. The quantitative estimate of drug-likeness (QED) is 0.756. The number of likely N-dealkylation sites (tertiary alicyclic amines) is 1. The van der Waals surface area contributed by atoms with Crippen LogP contribution in [0.25, 0.3) is 0 Å². The van der Waals surface area contributed by atoms with Crippen molar-refractivity contribution in [2.45, 2.75) is 25.9 Å². The molecule has 3 aliphatic rings. The molecule has 4 rings (SSSR count). The Labute approximate surface area is 110 Å². The minimum atomic E-state index is 1.05. The predicted octanol–water partition coefficient (Wildman–Crippen LogP) is 0.871. The molecule has 18 heavy (non-hydrogen) atoms. The van der Waals surface area contributed by atoms with Crippen molar-refractivity contribution >= 4 is 0 Å². The first-order valence-electron chi connectivity index (χ1n) is 7.28. The van der Waals surface area contributed by atoms with E-state index in [4.69, 9.17) is 0 Å². The lowest BCUT2D eigenvalue weighted by Gasteiger charge is -2.30. The number of hydrogen-bond donors (Lipinski definition) is 1.